The van der Waals surface area contributed by atoms with E-state index in [4.69, 9.17) is 5.73 Å². The summed E-state index contributed by atoms with van der Waals surface area (Å²) in [5.74, 6) is 0.0803. The van der Waals surface area contributed by atoms with E-state index in [-0.39, 0.29) is 11.7 Å². The summed E-state index contributed by atoms with van der Waals surface area (Å²) in [5, 5.41) is 2.86. The van der Waals surface area contributed by atoms with Crippen molar-refractivity contribution in [2.45, 2.75) is 18.9 Å². The zero-order valence-corrected chi connectivity index (χ0v) is 11.9. The topological polar surface area (TPSA) is 71.2 Å². The zero-order chi connectivity index (χ0) is 13.1. The second kappa shape index (κ2) is 5.67. The van der Waals surface area contributed by atoms with E-state index in [1.807, 2.05) is 0 Å². The summed E-state index contributed by atoms with van der Waals surface area (Å²) in [7, 11) is 2.08. The van der Waals surface area contributed by atoms with Gasteiger partial charge in [-0.25, -0.2) is 4.98 Å². The van der Waals surface area contributed by atoms with E-state index in [9.17, 15) is 4.79 Å². The standard InChI is InChI=1S/C12H17BrN4O/c1-17(9-2-3-9)5-4-15-12(18)10-6-8(13)7-16-11(10)14/h6-7,9H,2-5H2,1H3,(H2,14,16)(H,15,18). The summed E-state index contributed by atoms with van der Waals surface area (Å²) < 4.78 is 0.747. The lowest BCUT2D eigenvalue weighted by atomic mass is 10.2. The minimum atomic E-state index is -0.175. The number of nitrogens with zero attached hydrogens (tertiary/aromatic N) is 2. The highest BCUT2D eigenvalue weighted by molar-refractivity contribution is 9.10. The highest BCUT2D eigenvalue weighted by Gasteiger charge is 2.25. The third kappa shape index (κ3) is 3.43. The van der Waals surface area contributed by atoms with Crippen LogP contribution in [-0.4, -0.2) is 42.0 Å². The predicted octanol–water partition coefficient (Wildman–Crippen LogP) is 1.25. The van der Waals surface area contributed by atoms with Crippen LogP contribution in [0.3, 0.4) is 0 Å². The Morgan fingerprint density at radius 2 is 2.39 bits per heavy atom. The fourth-order valence-electron chi connectivity index (χ4n) is 1.77. The Labute approximate surface area is 115 Å². The van der Waals surface area contributed by atoms with Crippen molar-refractivity contribution in [1.29, 1.82) is 0 Å². The number of anilines is 1. The number of aromatic nitrogens is 1. The van der Waals surface area contributed by atoms with Gasteiger partial charge in [-0.05, 0) is 41.9 Å². The molecule has 0 atom stereocenters. The average molecular weight is 313 g/mol. The summed E-state index contributed by atoms with van der Waals surface area (Å²) in [6.45, 7) is 1.48. The molecule has 0 radical (unpaired) electrons. The van der Waals surface area contributed by atoms with Crippen LogP contribution in [0, 0.1) is 0 Å². The molecule has 1 aliphatic carbocycles. The molecule has 6 heteroatoms. The van der Waals surface area contributed by atoms with E-state index in [1.165, 1.54) is 12.8 Å². The minimum absolute atomic E-state index is 0.175. The molecule has 1 saturated carbocycles. The number of pyridine rings is 1. The molecule has 1 heterocycles. The quantitative estimate of drug-likeness (QED) is 0.858. The third-order valence-corrected chi connectivity index (χ3v) is 3.48. The molecule has 0 unspecified atom stereocenters. The molecule has 98 valence electrons. The summed E-state index contributed by atoms with van der Waals surface area (Å²) in [5.41, 5.74) is 6.09. The molecule has 0 aromatic carbocycles. The van der Waals surface area contributed by atoms with Crippen LogP contribution in [0.25, 0.3) is 0 Å². The number of hydrogen-bond acceptors (Lipinski definition) is 4. The minimum Gasteiger partial charge on any atom is -0.383 e. The highest BCUT2D eigenvalue weighted by atomic mass is 79.9. The highest BCUT2D eigenvalue weighted by Crippen LogP contribution is 2.24. The van der Waals surface area contributed by atoms with Crippen molar-refractivity contribution in [2.24, 2.45) is 0 Å². The number of nitrogen functional groups attached to an aromatic ring is 1. The molecular formula is C12H17BrN4O. The molecule has 1 fully saturated rings. The van der Waals surface area contributed by atoms with Gasteiger partial charge in [0.2, 0.25) is 0 Å². The first kappa shape index (κ1) is 13.3. The van der Waals surface area contributed by atoms with Crippen molar-refractivity contribution < 1.29 is 4.79 Å². The maximum absolute atomic E-state index is 11.9. The molecule has 1 aromatic rings. The van der Waals surface area contributed by atoms with Gasteiger partial charge in [0.15, 0.2) is 0 Å². The zero-order valence-electron chi connectivity index (χ0n) is 10.3. The molecule has 1 aliphatic rings. The van der Waals surface area contributed by atoms with Gasteiger partial charge in [0, 0.05) is 29.8 Å². The van der Waals surface area contributed by atoms with Gasteiger partial charge in [-0.2, -0.15) is 0 Å². The Morgan fingerprint density at radius 1 is 1.67 bits per heavy atom. The molecule has 18 heavy (non-hydrogen) atoms. The number of nitrogens with two attached hydrogens (primary N) is 1. The van der Waals surface area contributed by atoms with Crippen molar-refractivity contribution in [3.63, 3.8) is 0 Å². The lowest BCUT2D eigenvalue weighted by Crippen LogP contribution is -2.34. The van der Waals surface area contributed by atoms with Crippen LogP contribution >= 0.6 is 15.9 Å². The fraction of sp³-hybridized carbons (Fsp3) is 0.500. The van der Waals surface area contributed by atoms with E-state index < -0.39 is 0 Å². The van der Waals surface area contributed by atoms with Crippen LogP contribution in [-0.2, 0) is 0 Å². The van der Waals surface area contributed by atoms with Crippen molar-refractivity contribution in [3.05, 3.63) is 22.3 Å². The maximum atomic E-state index is 11.9. The first-order chi connectivity index (χ1) is 8.58. The Morgan fingerprint density at radius 3 is 3.06 bits per heavy atom. The van der Waals surface area contributed by atoms with E-state index in [0.29, 0.717) is 18.2 Å². The Balaban J connectivity index is 1.85. The van der Waals surface area contributed by atoms with Crippen LogP contribution in [0.4, 0.5) is 5.82 Å². The summed E-state index contributed by atoms with van der Waals surface area (Å²) in [4.78, 5) is 18.1. The van der Waals surface area contributed by atoms with Gasteiger partial charge < -0.3 is 16.0 Å². The molecule has 2 rings (SSSR count). The van der Waals surface area contributed by atoms with Crippen LogP contribution < -0.4 is 11.1 Å². The first-order valence-corrected chi connectivity index (χ1v) is 6.76. The van der Waals surface area contributed by atoms with Gasteiger partial charge in [-0.15, -0.1) is 0 Å². The Kier molecular flexibility index (Phi) is 4.19. The van der Waals surface area contributed by atoms with Crippen LogP contribution in [0.15, 0.2) is 16.7 Å². The summed E-state index contributed by atoms with van der Waals surface area (Å²) in [6, 6.07) is 2.39. The van der Waals surface area contributed by atoms with Crippen LogP contribution in [0.1, 0.15) is 23.2 Å². The number of rotatable bonds is 5. The molecule has 3 N–H and O–H groups in total. The molecule has 1 amide bonds. The van der Waals surface area contributed by atoms with Crippen molar-refractivity contribution >= 4 is 27.7 Å². The predicted molar refractivity (Wildman–Crippen MR) is 74.3 cm³/mol. The number of carbonyl (C=O) groups is 1. The summed E-state index contributed by atoms with van der Waals surface area (Å²) >= 11 is 3.28. The Bertz CT molecular complexity index is 448. The summed E-state index contributed by atoms with van der Waals surface area (Å²) in [6.07, 6.45) is 4.12. The number of halogens is 1. The fourth-order valence-corrected chi connectivity index (χ4v) is 2.10. The molecular weight excluding hydrogens is 296 g/mol. The first-order valence-electron chi connectivity index (χ1n) is 5.97. The van der Waals surface area contributed by atoms with Gasteiger partial charge in [0.25, 0.3) is 5.91 Å². The smallest absolute Gasteiger partial charge is 0.255 e. The third-order valence-electron chi connectivity index (χ3n) is 3.05. The van der Waals surface area contributed by atoms with Gasteiger partial charge in [0.1, 0.15) is 5.82 Å². The molecule has 1 aromatic heterocycles. The molecule has 0 bridgehead atoms. The van der Waals surface area contributed by atoms with Gasteiger partial charge in [0.05, 0.1) is 5.56 Å². The monoisotopic (exact) mass is 312 g/mol. The van der Waals surface area contributed by atoms with Gasteiger partial charge in [-0.3, -0.25) is 4.79 Å². The number of carbonyl (C=O) groups excluding carboxylic acids is 1. The largest absolute Gasteiger partial charge is 0.383 e. The van der Waals surface area contributed by atoms with E-state index in [0.717, 1.165) is 11.0 Å². The van der Waals surface area contributed by atoms with Crippen molar-refractivity contribution in [1.82, 2.24) is 15.2 Å². The number of likely N-dealkylation sites (N-methyl/N-ethyl adjacent to an activating group) is 1. The molecule has 0 saturated heterocycles. The SMILES string of the molecule is CN(CCNC(=O)c1cc(Br)cnc1N)C1CC1. The molecule has 5 nitrogen and oxygen atoms in total. The van der Waals surface area contributed by atoms with E-state index >= 15 is 0 Å². The van der Waals surface area contributed by atoms with Gasteiger partial charge >= 0.3 is 0 Å². The Hall–Kier alpha value is -1.14. The van der Waals surface area contributed by atoms with Crippen molar-refractivity contribution in [2.75, 3.05) is 25.9 Å². The average Bonchev–Trinajstić information content (AvgIpc) is 3.16. The number of hydrogen-bond donors (Lipinski definition) is 2. The van der Waals surface area contributed by atoms with Gasteiger partial charge in [-0.1, -0.05) is 0 Å². The molecule has 0 spiro atoms. The number of amides is 1. The van der Waals surface area contributed by atoms with E-state index in [1.54, 1.807) is 12.3 Å². The lowest BCUT2D eigenvalue weighted by molar-refractivity contribution is 0.0950. The second-order valence-electron chi connectivity index (χ2n) is 4.55. The lowest BCUT2D eigenvalue weighted by Gasteiger charge is -2.15. The molecule has 0 aliphatic heterocycles. The maximum Gasteiger partial charge on any atom is 0.255 e. The normalized spacial score (nSPS) is 14.8. The second-order valence-corrected chi connectivity index (χ2v) is 5.47. The van der Waals surface area contributed by atoms with Crippen LogP contribution in [0.2, 0.25) is 0 Å². The van der Waals surface area contributed by atoms with Crippen molar-refractivity contribution in [3.8, 4) is 0 Å². The number of nitrogens with one attached hydrogen (secondary N) is 1. The van der Waals surface area contributed by atoms with Crippen LogP contribution in [0.5, 0.6) is 0 Å². The van der Waals surface area contributed by atoms with E-state index in [2.05, 4.69) is 38.2 Å².